The Morgan fingerprint density at radius 3 is 2.72 bits per heavy atom. The average molecular weight is 461 g/mol. The average Bonchev–Trinajstić information content (AvgIpc) is 3.11. The van der Waals surface area contributed by atoms with Gasteiger partial charge in [-0.05, 0) is 31.2 Å². The molecular formula is C19H32IN3O2. The van der Waals surface area contributed by atoms with Crippen molar-refractivity contribution in [3.05, 3.63) is 35.4 Å². The van der Waals surface area contributed by atoms with E-state index in [-0.39, 0.29) is 30.1 Å². The zero-order valence-corrected chi connectivity index (χ0v) is 17.9. The number of hydrogen-bond donors (Lipinski definition) is 2. The summed E-state index contributed by atoms with van der Waals surface area (Å²) in [5, 5.41) is 6.73. The van der Waals surface area contributed by atoms with Gasteiger partial charge in [0.15, 0.2) is 5.96 Å². The highest BCUT2D eigenvalue weighted by atomic mass is 127. The lowest BCUT2D eigenvalue weighted by Gasteiger charge is -2.17. The first-order valence-electron chi connectivity index (χ1n) is 8.89. The maximum absolute atomic E-state index is 5.76. The number of benzene rings is 1. The molecular weight excluding hydrogens is 429 g/mol. The number of nitrogens with one attached hydrogen (secondary N) is 2. The summed E-state index contributed by atoms with van der Waals surface area (Å²) >= 11 is 0. The minimum Gasteiger partial charge on any atom is -0.379 e. The highest BCUT2D eigenvalue weighted by molar-refractivity contribution is 14.0. The Bertz CT molecular complexity index is 502. The van der Waals surface area contributed by atoms with Crippen molar-refractivity contribution in [1.29, 1.82) is 0 Å². The third-order valence-electron chi connectivity index (χ3n) is 4.30. The Hall–Kier alpha value is -0.860. The molecule has 6 heteroatoms. The highest BCUT2D eigenvalue weighted by Gasteiger charge is 2.15. The molecule has 2 rings (SSSR count). The van der Waals surface area contributed by atoms with Crippen molar-refractivity contribution >= 4 is 29.9 Å². The van der Waals surface area contributed by atoms with Crippen LogP contribution in [0.15, 0.2) is 29.3 Å². The maximum Gasteiger partial charge on any atom is 0.190 e. The predicted octanol–water partition coefficient (Wildman–Crippen LogP) is 3.08. The molecule has 2 N–H and O–H groups in total. The standard InChI is InChI=1S/C19H31N3O2.HI/c1-15-5-7-17(8-6-15)16(2)13-22-19(20-3)21-10-4-11-24-18-9-12-23-14-18;/h5-8,16,18H,4,9-14H2,1-3H3,(H2,20,21,22);1H. The minimum absolute atomic E-state index is 0. The number of hydrogen-bond acceptors (Lipinski definition) is 3. The molecule has 1 aromatic carbocycles. The van der Waals surface area contributed by atoms with Gasteiger partial charge in [-0.15, -0.1) is 24.0 Å². The first kappa shape index (κ1) is 22.2. The number of nitrogens with zero attached hydrogens (tertiary/aromatic N) is 1. The van der Waals surface area contributed by atoms with Gasteiger partial charge in [-0.2, -0.15) is 0 Å². The fraction of sp³-hybridized carbons (Fsp3) is 0.632. The molecule has 142 valence electrons. The van der Waals surface area contributed by atoms with Crippen LogP contribution in [0.4, 0.5) is 0 Å². The molecule has 0 amide bonds. The first-order valence-corrected chi connectivity index (χ1v) is 8.89. The van der Waals surface area contributed by atoms with Gasteiger partial charge in [0, 0.05) is 33.4 Å². The fourth-order valence-corrected chi connectivity index (χ4v) is 2.66. The Kier molecular flexibility index (Phi) is 11.1. The van der Waals surface area contributed by atoms with E-state index in [2.05, 4.69) is 53.7 Å². The van der Waals surface area contributed by atoms with E-state index in [4.69, 9.17) is 9.47 Å². The molecule has 0 aliphatic carbocycles. The molecule has 1 aliphatic rings. The molecule has 0 spiro atoms. The van der Waals surface area contributed by atoms with Gasteiger partial charge in [0.2, 0.25) is 0 Å². The molecule has 1 heterocycles. The second kappa shape index (κ2) is 12.5. The Morgan fingerprint density at radius 2 is 2.08 bits per heavy atom. The Balaban J connectivity index is 0.00000312. The second-order valence-electron chi connectivity index (χ2n) is 6.40. The van der Waals surface area contributed by atoms with Gasteiger partial charge in [-0.3, -0.25) is 4.99 Å². The van der Waals surface area contributed by atoms with E-state index in [1.165, 1.54) is 11.1 Å². The number of aryl methyl sites for hydroxylation is 1. The third-order valence-corrected chi connectivity index (χ3v) is 4.30. The molecule has 0 bridgehead atoms. The molecule has 0 aromatic heterocycles. The van der Waals surface area contributed by atoms with E-state index in [9.17, 15) is 0 Å². The quantitative estimate of drug-likeness (QED) is 0.271. The first-order chi connectivity index (χ1) is 11.7. The molecule has 2 unspecified atom stereocenters. The second-order valence-corrected chi connectivity index (χ2v) is 6.40. The van der Waals surface area contributed by atoms with Gasteiger partial charge in [-0.25, -0.2) is 0 Å². The number of halogens is 1. The predicted molar refractivity (Wildman–Crippen MR) is 114 cm³/mol. The monoisotopic (exact) mass is 461 g/mol. The molecule has 0 radical (unpaired) electrons. The number of aliphatic imine (C=N–C) groups is 1. The van der Waals surface area contributed by atoms with Gasteiger partial charge < -0.3 is 20.1 Å². The largest absolute Gasteiger partial charge is 0.379 e. The molecule has 0 saturated carbocycles. The van der Waals surface area contributed by atoms with Crippen LogP contribution in [0.5, 0.6) is 0 Å². The molecule has 25 heavy (non-hydrogen) atoms. The molecule has 5 nitrogen and oxygen atoms in total. The minimum atomic E-state index is 0. The number of rotatable bonds is 8. The van der Waals surface area contributed by atoms with Crippen LogP contribution in [0.3, 0.4) is 0 Å². The summed E-state index contributed by atoms with van der Waals surface area (Å²) in [5.74, 6) is 1.29. The molecule has 1 fully saturated rings. The van der Waals surface area contributed by atoms with Gasteiger partial charge in [0.1, 0.15) is 0 Å². The summed E-state index contributed by atoms with van der Waals surface area (Å²) in [7, 11) is 1.80. The molecule has 1 aliphatic heterocycles. The number of ether oxygens (including phenoxy) is 2. The van der Waals surface area contributed by atoms with Crippen molar-refractivity contribution in [3.63, 3.8) is 0 Å². The van der Waals surface area contributed by atoms with E-state index in [0.717, 1.165) is 51.7 Å². The van der Waals surface area contributed by atoms with E-state index < -0.39 is 0 Å². The van der Waals surface area contributed by atoms with Crippen LogP contribution < -0.4 is 10.6 Å². The van der Waals surface area contributed by atoms with Crippen LogP contribution in [0.25, 0.3) is 0 Å². The van der Waals surface area contributed by atoms with Crippen molar-refractivity contribution < 1.29 is 9.47 Å². The van der Waals surface area contributed by atoms with Crippen molar-refractivity contribution in [1.82, 2.24) is 10.6 Å². The summed E-state index contributed by atoms with van der Waals surface area (Å²) in [6, 6.07) is 8.71. The third kappa shape index (κ3) is 8.37. The summed E-state index contributed by atoms with van der Waals surface area (Å²) in [4.78, 5) is 4.28. The summed E-state index contributed by atoms with van der Waals surface area (Å²) in [6.45, 7) is 8.39. The highest BCUT2D eigenvalue weighted by Crippen LogP contribution is 2.14. The van der Waals surface area contributed by atoms with Gasteiger partial charge in [0.05, 0.1) is 12.7 Å². The normalized spacial score (nSPS) is 18.5. The SMILES string of the molecule is CN=C(NCCCOC1CCOC1)NCC(C)c1ccc(C)cc1.I. The lowest BCUT2D eigenvalue weighted by atomic mass is 10.0. The zero-order valence-electron chi connectivity index (χ0n) is 15.6. The van der Waals surface area contributed by atoms with Crippen molar-refractivity contribution in [3.8, 4) is 0 Å². The van der Waals surface area contributed by atoms with Crippen LogP contribution >= 0.6 is 24.0 Å². The zero-order chi connectivity index (χ0) is 17.2. The topological polar surface area (TPSA) is 54.9 Å². The van der Waals surface area contributed by atoms with E-state index >= 15 is 0 Å². The Labute approximate surface area is 169 Å². The van der Waals surface area contributed by atoms with Crippen LogP contribution in [-0.2, 0) is 9.47 Å². The van der Waals surface area contributed by atoms with Crippen molar-refractivity contribution in [2.75, 3.05) is 40.0 Å². The van der Waals surface area contributed by atoms with E-state index in [1.807, 2.05) is 0 Å². The lowest BCUT2D eigenvalue weighted by molar-refractivity contribution is 0.0420. The van der Waals surface area contributed by atoms with Crippen molar-refractivity contribution in [2.45, 2.75) is 38.7 Å². The van der Waals surface area contributed by atoms with Crippen molar-refractivity contribution in [2.24, 2.45) is 4.99 Å². The van der Waals surface area contributed by atoms with Crippen LogP contribution in [0.2, 0.25) is 0 Å². The van der Waals surface area contributed by atoms with Crippen LogP contribution in [-0.4, -0.2) is 52.0 Å². The summed E-state index contributed by atoms with van der Waals surface area (Å²) < 4.78 is 11.1. The van der Waals surface area contributed by atoms with Gasteiger partial charge in [0.25, 0.3) is 0 Å². The lowest BCUT2D eigenvalue weighted by Crippen LogP contribution is -2.39. The fourth-order valence-electron chi connectivity index (χ4n) is 2.66. The van der Waals surface area contributed by atoms with E-state index in [0.29, 0.717) is 5.92 Å². The van der Waals surface area contributed by atoms with Crippen LogP contribution in [0.1, 0.15) is 36.8 Å². The molecule has 1 saturated heterocycles. The smallest absolute Gasteiger partial charge is 0.190 e. The summed E-state index contributed by atoms with van der Waals surface area (Å²) in [5.41, 5.74) is 2.64. The summed E-state index contributed by atoms with van der Waals surface area (Å²) in [6.07, 6.45) is 2.27. The van der Waals surface area contributed by atoms with Gasteiger partial charge >= 0.3 is 0 Å². The van der Waals surface area contributed by atoms with E-state index in [1.54, 1.807) is 7.05 Å². The molecule has 2 atom stereocenters. The van der Waals surface area contributed by atoms with Gasteiger partial charge in [-0.1, -0.05) is 36.8 Å². The Morgan fingerprint density at radius 1 is 1.32 bits per heavy atom. The number of guanidine groups is 1. The maximum atomic E-state index is 5.76. The van der Waals surface area contributed by atoms with Crippen LogP contribution in [0, 0.1) is 6.92 Å². The molecule has 1 aromatic rings.